The first kappa shape index (κ1) is 10.4. The number of rotatable bonds is 1. The molecule has 2 aromatic heterocycles. The van der Waals surface area contributed by atoms with E-state index in [1.165, 1.54) is 17.1 Å². The molecule has 3 heterocycles. The van der Waals surface area contributed by atoms with Gasteiger partial charge in [-0.25, -0.2) is 15.0 Å². The van der Waals surface area contributed by atoms with Crippen LogP contribution >= 0.6 is 0 Å². The number of hydrogen-bond donors (Lipinski definition) is 0. The number of aromatic nitrogens is 4. The van der Waals surface area contributed by atoms with Crippen LogP contribution < -0.4 is 0 Å². The molecule has 0 amide bonds. The lowest BCUT2D eigenvalue weighted by molar-refractivity contribution is 0.731. The summed E-state index contributed by atoms with van der Waals surface area (Å²) in [7, 11) is 0. The second-order valence-electron chi connectivity index (χ2n) is 4.86. The Balaban J connectivity index is 2.01. The summed E-state index contributed by atoms with van der Waals surface area (Å²) in [6.07, 6.45) is 7.69. The van der Waals surface area contributed by atoms with Gasteiger partial charge in [-0.2, -0.15) is 0 Å². The smallest absolute Gasteiger partial charge is 0.115 e. The van der Waals surface area contributed by atoms with Crippen LogP contribution in [0.4, 0.5) is 0 Å². The number of nitrogens with zero attached hydrogens (tertiary/aromatic N) is 4. The Morgan fingerprint density at radius 1 is 1.29 bits per heavy atom. The van der Waals surface area contributed by atoms with Gasteiger partial charge in [0.1, 0.15) is 12.2 Å². The van der Waals surface area contributed by atoms with E-state index in [9.17, 15) is 0 Å². The van der Waals surface area contributed by atoms with E-state index in [0.717, 1.165) is 25.1 Å². The SMILES string of the molecule is CC(C)c1cn2c(n1)CCc1cncnc1C2. The lowest BCUT2D eigenvalue weighted by Crippen LogP contribution is -2.03. The van der Waals surface area contributed by atoms with Crippen LogP contribution in [0.25, 0.3) is 0 Å². The van der Waals surface area contributed by atoms with Gasteiger partial charge in [0.05, 0.1) is 17.9 Å². The summed E-state index contributed by atoms with van der Waals surface area (Å²) in [5.41, 5.74) is 3.56. The molecule has 0 saturated carbocycles. The molecule has 0 fully saturated rings. The highest BCUT2D eigenvalue weighted by Crippen LogP contribution is 2.20. The highest BCUT2D eigenvalue weighted by molar-refractivity contribution is 5.22. The van der Waals surface area contributed by atoms with Gasteiger partial charge >= 0.3 is 0 Å². The Morgan fingerprint density at radius 2 is 2.18 bits per heavy atom. The van der Waals surface area contributed by atoms with E-state index in [2.05, 4.69) is 34.6 Å². The lowest BCUT2D eigenvalue weighted by Gasteiger charge is -2.04. The molecule has 0 spiro atoms. The quantitative estimate of drug-likeness (QED) is 0.749. The Bertz CT molecular complexity index is 542. The van der Waals surface area contributed by atoms with Crippen molar-refractivity contribution in [3.8, 4) is 0 Å². The molecule has 0 aromatic carbocycles. The fourth-order valence-electron chi connectivity index (χ4n) is 2.23. The van der Waals surface area contributed by atoms with E-state index in [4.69, 9.17) is 4.98 Å². The van der Waals surface area contributed by atoms with E-state index in [1.54, 1.807) is 6.33 Å². The van der Waals surface area contributed by atoms with E-state index in [1.807, 2.05) is 6.20 Å². The normalized spacial score (nSPS) is 14.3. The zero-order valence-electron chi connectivity index (χ0n) is 10.2. The van der Waals surface area contributed by atoms with Gasteiger partial charge in [-0.3, -0.25) is 0 Å². The standard InChI is InChI=1S/C13H16N4/c1-9(2)11-6-17-7-12-10(5-14-8-15-12)3-4-13(17)16-11/h5-6,8-9H,3-4,7H2,1-2H3. The van der Waals surface area contributed by atoms with Gasteiger partial charge < -0.3 is 4.57 Å². The third kappa shape index (κ3) is 1.84. The van der Waals surface area contributed by atoms with Gasteiger partial charge in [-0.15, -0.1) is 0 Å². The van der Waals surface area contributed by atoms with Gasteiger partial charge in [0.2, 0.25) is 0 Å². The maximum Gasteiger partial charge on any atom is 0.115 e. The lowest BCUT2D eigenvalue weighted by atomic mass is 10.1. The van der Waals surface area contributed by atoms with Crippen molar-refractivity contribution in [1.29, 1.82) is 0 Å². The molecule has 88 valence electrons. The minimum absolute atomic E-state index is 0.485. The second kappa shape index (κ2) is 3.95. The van der Waals surface area contributed by atoms with Crippen LogP contribution in [0, 0.1) is 0 Å². The number of hydrogen-bond acceptors (Lipinski definition) is 3. The Kier molecular flexibility index (Phi) is 2.42. The van der Waals surface area contributed by atoms with E-state index in [0.29, 0.717) is 5.92 Å². The third-order valence-corrected chi connectivity index (χ3v) is 3.29. The predicted octanol–water partition coefficient (Wildman–Crippen LogP) is 1.94. The Hall–Kier alpha value is -1.71. The van der Waals surface area contributed by atoms with Gasteiger partial charge in [0.25, 0.3) is 0 Å². The molecule has 0 bridgehead atoms. The molecule has 4 heteroatoms. The van der Waals surface area contributed by atoms with Crippen LogP contribution in [-0.2, 0) is 19.4 Å². The van der Waals surface area contributed by atoms with E-state index < -0.39 is 0 Å². The zero-order chi connectivity index (χ0) is 11.8. The van der Waals surface area contributed by atoms with Crippen LogP contribution in [0.2, 0.25) is 0 Å². The van der Waals surface area contributed by atoms with Crippen molar-refractivity contribution in [3.05, 3.63) is 41.5 Å². The molecular weight excluding hydrogens is 212 g/mol. The summed E-state index contributed by atoms with van der Waals surface area (Å²) >= 11 is 0. The summed E-state index contributed by atoms with van der Waals surface area (Å²) in [5.74, 6) is 1.66. The summed E-state index contributed by atoms with van der Waals surface area (Å²) in [6.45, 7) is 5.18. The molecule has 3 rings (SSSR count). The van der Waals surface area contributed by atoms with Crippen LogP contribution in [-0.4, -0.2) is 19.5 Å². The van der Waals surface area contributed by atoms with Crippen molar-refractivity contribution in [2.75, 3.05) is 0 Å². The molecule has 17 heavy (non-hydrogen) atoms. The summed E-state index contributed by atoms with van der Waals surface area (Å²) in [5, 5.41) is 0. The first-order chi connectivity index (χ1) is 8.24. The molecule has 1 aliphatic rings. The fourth-order valence-corrected chi connectivity index (χ4v) is 2.23. The molecular formula is C13H16N4. The molecule has 0 unspecified atom stereocenters. The van der Waals surface area contributed by atoms with Crippen LogP contribution in [0.1, 0.15) is 42.5 Å². The molecule has 4 nitrogen and oxygen atoms in total. The van der Waals surface area contributed by atoms with Crippen LogP contribution in [0.5, 0.6) is 0 Å². The first-order valence-electron chi connectivity index (χ1n) is 6.07. The second-order valence-corrected chi connectivity index (χ2v) is 4.86. The van der Waals surface area contributed by atoms with Gasteiger partial charge in [0, 0.05) is 18.8 Å². The average Bonchev–Trinajstić information content (AvgIpc) is 2.64. The summed E-state index contributed by atoms with van der Waals surface area (Å²) in [4.78, 5) is 13.2. The summed E-state index contributed by atoms with van der Waals surface area (Å²) < 4.78 is 2.23. The largest absolute Gasteiger partial charge is 0.329 e. The molecule has 0 atom stereocenters. The molecule has 0 radical (unpaired) electrons. The molecule has 0 aliphatic carbocycles. The number of imidazole rings is 1. The molecule has 1 aliphatic heterocycles. The maximum atomic E-state index is 4.71. The minimum atomic E-state index is 0.485. The van der Waals surface area contributed by atoms with E-state index in [-0.39, 0.29) is 0 Å². The maximum absolute atomic E-state index is 4.71. The summed E-state index contributed by atoms with van der Waals surface area (Å²) in [6, 6.07) is 0. The van der Waals surface area contributed by atoms with Crippen LogP contribution in [0.3, 0.4) is 0 Å². The first-order valence-corrected chi connectivity index (χ1v) is 6.07. The van der Waals surface area contributed by atoms with Crippen molar-refractivity contribution in [3.63, 3.8) is 0 Å². The van der Waals surface area contributed by atoms with Crippen molar-refractivity contribution in [2.45, 2.75) is 39.2 Å². The Morgan fingerprint density at radius 3 is 3.00 bits per heavy atom. The molecule has 0 saturated heterocycles. The van der Waals surface area contributed by atoms with Crippen molar-refractivity contribution in [1.82, 2.24) is 19.5 Å². The molecule has 0 N–H and O–H groups in total. The van der Waals surface area contributed by atoms with Crippen molar-refractivity contribution in [2.24, 2.45) is 0 Å². The Labute approximate surface area is 101 Å². The number of fused-ring (bicyclic) bond motifs is 2. The van der Waals surface area contributed by atoms with Gasteiger partial charge in [-0.1, -0.05) is 13.8 Å². The monoisotopic (exact) mass is 228 g/mol. The highest BCUT2D eigenvalue weighted by Gasteiger charge is 2.17. The zero-order valence-corrected chi connectivity index (χ0v) is 10.2. The topological polar surface area (TPSA) is 43.6 Å². The van der Waals surface area contributed by atoms with Crippen LogP contribution in [0.15, 0.2) is 18.7 Å². The van der Waals surface area contributed by atoms with Gasteiger partial charge in [0.15, 0.2) is 0 Å². The van der Waals surface area contributed by atoms with E-state index >= 15 is 0 Å². The highest BCUT2D eigenvalue weighted by atomic mass is 15.1. The molecule has 2 aromatic rings. The average molecular weight is 228 g/mol. The fraction of sp³-hybridized carbons (Fsp3) is 0.462. The third-order valence-electron chi connectivity index (χ3n) is 3.29. The van der Waals surface area contributed by atoms with Crippen molar-refractivity contribution < 1.29 is 0 Å². The van der Waals surface area contributed by atoms with Crippen molar-refractivity contribution >= 4 is 0 Å². The minimum Gasteiger partial charge on any atom is -0.329 e. The number of aryl methyl sites for hydroxylation is 2. The predicted molar refractivity (Wildman–Crippen MR) is 64.9 cm³/mol. The van der Waals surface area contributed by atoms with Gasteiger partial charge in [-0.05, 0) is 17.9 Å².